The highest BCUT2D eigenvalue weighted by atomic mass is 32.2. The fourth-order valence-corrected chi connectivity index (χ4v) is 4.34. The number of aliphatic hydroxyl groups is 1. The van der Waals surface area contributed by atoms with Crippen LogP contribution in [0.5, 0.6) is 11.5 Å². The summed E-state index contributed by atoms with van der Waals surface area (Å²) in [6, 6.07) is 9.79. The average Bonchev–Trinajstić information content (AvgIpc) is 2.69. The van der Waals surface area contributed by atoms with Crippen LogP contribution < -0.4 is 9.47 Å². The molecule has 152 valence electrons. The van der Waals surface area contributed by atoms with Gasteiger partial charge in [-0.25, -0.2) is 8.42 Å². The van der Waals surface area contributed by atoms with E-state index in [2.05, 4.69) is 13.8 Å². The molecule has 1 aliphatic heterocycles. The summed E-state index contributed by atoms with van der Waals surface area (Å²) in [5.41, 5.74) is 4.73. The molecule has 28 heavy (non-hydrogen) atoms. The van der Waals surface area contributed by atoms with Gasteiger partial charge in [-0.1, -0.05) is 6.07 Å². The monoisotopic (exact) mass is 404 g/mol. The van der Waals surface area contributed by atoms with Gasteiger partial charge in [-0.2, -0.15) is 0 Å². The normalized spacial score (nSPS) is 15.2. The fraction of sp³-hybridized carbons (Fsp3) is 0.455. The highest BCUT2D eigenvalue weighted by Crippen LogP contribution is 2.43. The summed E-state index contributed by atoms with van der Waals surface area (Å²) in [4.78, 5) is 0. The molecule has 0 atom stereocenters. The second-order valence-corrected chi connectivity index (χ2v) is 10.4. The molecule has 0 spiro atoms. The highest BCUT2D eigenvalue weighted by molar-refractivity contribution is 7.90. The zero-order valence-electron chi connectivity index (χ0n) is 16.9. The van der Waals surface area contributed by atoms with Crippen LogP contribution in [0.4, 0.5) is 0 Å². The first kappa shape index (κ1) is 20.7. The van der Waals surface area contributed by atoms with Crippen LogP contribution in [-0.4, -0.2) is 37.7 Å². The van der Waals surface area contributed by atoms with Crippen molar-refractivity contribution in [2.24, 2.45) is 0 Å². The molecule has 0 saturated heterocycles. The summed E-state index contributed by atoms with van der Waals surface area (Å²) >= 11 is 0. The number of ether oxygens (including phenoxy) is 2. The van der Waals surface area contributed by atoms with E-state index < -0.39 is 9.84 Å². The number of sulfone groups is 1. The van der Waals surface area contributed by atoms with E-state index in [0.29, 0.717) is 19.4 Å². The van der Waals surface area contributed by atoms with Crippen LogP contribution in [0.1, 0.15) is 37.0 Å². The van der Waals surface area contributed by atoms with Crippen molar-refractivity contribution in [2.75, 3.05) is 18.6 Å². The number of fused-ring (bicyclic) bond motifs is 3. The van der Waals surface area contributed by atoms with Crippen molar-refractivity contribution in [2.45, 2.75) is 45.8 Å². The van der Waals surface area contributed by atoms with Gasteiger partial charge in [0.1, 0.15) is 26.9 Å². The summed E-state index contributed by atoms with van der Waals surface area (Å²) < 4.78 is 34.7. The maximum absolute atomic E-state index is 11.3. The van der Waals surface area contributed by atoms with Gasteiger partial charge < -0.3 is 14.6 Å². The van der Waals surface area contributed by atoms with E-state index in [1.807, 2.05) is 37.3 Å². The summed E-state index contributed by atoms with van der Waals surface area (Å²) in [5, 5.41) is 9.55. The van der Waals surface area contributed by atoms with Crippen molar-refractivity contribution in [3.8, 4) is 22.6 Å². The van der Waals surface area contributed by atoms with Crippen LogP contribution in [0.2, 0.25) is 0 Å². The smallest absolute Gasteiger partial charge is 0.147 e. The highest BCUT2D eigenvalue weighted by Gasteiger charge is 2.29. The number of hydrogen-bond acceptors (Lipinski definition) is 5. The average molecular weight is 405 g/mol. The summed E-state index contributed by atoms with van der Waals surface area (Å²) in [6.07, 6.45) is 2.42. The van der Waals surface area contributed by atoms with E-state index in [-0.39, 0.29) is 18.0 Å². The molecule has 2 aromatic carbocycles. The van der Waals surface area contributed by atoms with Gasteiger partial charge in [-0.3, -0.25) is 0 Å². The largest absolute Gasteiger partial charge is 0.494 e. The van der Waals surface area contributed by atoms with E-state index in [4.69, 9.17) is 9.47 Å². The predicted molar refractivity (Wildman–Crippen MR) is 111 cm³/mol. The lowest BCUT2D eigenvalue weighted by Gasteiger charge is -2.25. The standard InChI is InChI=1S/C22H28O5S/c1-15-10-18(26-8-5-9-28(4,24)25)12-17-13-22(2,3)27-20-7-6-16(14-23)11-19(20)21(15)17/h6-7,10-12,23H,5,8-9,13-14H2,1-4H3. The summed E-state index contributed by atoms with van der Waals surface area (Å²) in [5.74, 6) is 1.67. The lowest BCUT2D eigenvalue weighted by atomic mass is 9.89. The van der Waals surface area contributed by atoms with E-state index in [0.717, 1.165) is 39.3 Å². The molecule has 6 heteroatoms. The quantitative estimate of drug-likeness (QED) is 0.744. The van der Waals surface area contributed by atoms with Crippen LogP contribution in [0.3, 0.4) is 0 Å². The molecule has 3 rings (SSSR count). The number of aliphatic hydroxyl groups excluding tert-OH is 1. The van der Waals surface area contributed by atoms with Crippen molar-refractivity contribution < 1.29 is 23.0 Å². The molecule has 0 aromatic heterocycles. The Bertz CT molecular complexity index is 977. The second kappa shape index (κ2) is 7.76. The lowest BCUT2D eigenvalue weighted by molar-refractivity contribution is 0.113. The van der Waals surface area contributed by atoms with Gasteiger partial charge in [0.2, 0.25) is 0 Å². The van der Waals surface area contributed by atoms with Crippen LogP contribution in [0.15, 0.2) is 30.3 Å². The zero-order chi connectivity index (χ0) is 20.5. The minimum Gasteiger partial charge on any atom is -0.494 e. The number of benzene rings is 2. The first-order valence-electron chi connectivity index (χ1n) is 9.45. The van der Waals surface area contributed by atoms with Gasteiger partial charge in [-0.15, -0.1) is 0 Å². The van der Waals surface area contributed by atoms with Crippen molar-refractivity contribution in [3.05, 3.63) is 47.0 Å². The van der Waals surface area contributed by atoms with Gasteiger partial charge in [0, 0.05) is 18.2 Å². The Balaban J connectivity index is 1.96. The molecular formula is C22H28O5S. The Morgan fingerprint density at radius 3 is 2.64 bits per heavy atom. The molecule has 2 aromatic rings. The number of hydrogen-bond donors (Lipinski definition) is 1. The molecule has 5 nitrogen and oxygen atoms in total. The molecular weight excluding hydrogens is 376 g/mol. The Labute approximate surface area is 167 Å². The molecule has 1 N–H and O–H groups in total. The Morgan fingerprint density at radius 2 is 1.96 bits per heavy atom. The van der Waals surface area contributed by atoms with Crippen LogP contribution in [-0.2, 0) is 22.9 Å². The molecule has 0 amide bonds. The van der Waals surface area contributed by atoms with Crippen molar-refractivity contribution in [1.29, 1.82) is 0 Å². The topological polar surface area (TPSA) is 72.8 Å². The van der Waals surface area contributed by atoms with Gasteiger partial charge in [-0.05, 0) is 73.7 Å². The van der Waals surface area contributed by atoms with Crippen LogP contribution in [0.25, 0.3) is 11.1 Å². The molecule has 0 saturated carbocycles. The lowest BCUT2D eigenvalue weighted by Crippen LogP contribution is -2.30. The number of aryl methyl sites for hydroxylation is 1. The predicted octanol–water partition coefficient (Wildman–Crippen LogP) is 3.68. The fourth-order valence-electron chi connectivity index (χ4n) is 3.70. The maximum atomic E-state index is 11.3. The molecule has 0 radical (unpaired) electrons. The number of rotatable bonds is 6. The summed E-state index contributed by atoms with van der Waals surface area (Å²) in [6.45, 7) is 6.49. The maximum Gasteiger partial charge on any atom is 0.147 e. The van der Waals surface area contributed by atoms with Gasteiger partial charge in [0.25, 0.3) is 0 Å². The third-order valence-corrected chi connectivity index (χ3v) is 5.85. The van der Waals surface area contributed by atoms with Gasteiger partial charge >= 0.3 is 0 Å². The molecule has 1 aliphatic rings. The van der Waals surface area contributed by atoms with Crippen LogP contribution in [0, 0.1) is 6.92 Å². The molecule has 0 aliphatic carbocycles. The third kappa shape index (κ3) is 4.86. The van der Waals surface area contributed by atoms with Crippen molar-refractivity contribution in [3.63, 3.8) is 0 Å². The molecule has 0 unspecified atom stereocenters. The van der Waals surface area contributed by atoms with Crippen LogP contribution >= 0.6 is 0 Å². The Hall–Kier alpha value is -2.05. The van der Waals surface area contributed by atoms with E-state index in [1.54, 1.807) is 0 Å². The van der Waals surface area contributed by atoms with E-state index >= 15 is 0 Å². The Morgan fingerprint density at radius 1 is 1.21 bits per heavy atom. The van der Waals surface area contributed by atoms with Gasteiger partial charge in [0.15, 0.2) is 0 Å². The Kier molecular flexibility index (Phi) is 5.73. The second-order valence-electron chi connectivity index (χ2n) is 8.13. The molecule has 0 fully saturated rings. The van der Waals surface area contributed by atoms with Crippen molar-refractivity contribution in [1.82, 2.24) is 0 Å². The molecule has 1 heterocycles. The summed E-state index contributed by atoms with van der Waals surface area (Å²) in [7, 11) is -2.98. The minimum atomic E-state index is -2.98. The SMILES string of the molecule is Cc1cc(OCCCS(C)(=O)=O)cc2c1-c1cc(CO)ccc1OC(C)(C)C2. The first-order chi connectivity index (χ1) is 13.1. The zero-order valence-corrected chi connectivity index (χ0v) is 17.7. The first-order valence-corrected chi connectivity index (χ1v) is 11.5. The third-order valence-electron chi connectivity index (χ3n) is 4.82. The molecule has 0 bridgehead atoms. The minimum absolute atomic E-state index is 0.0212. The van der Waals surface area contributed by atoms with Gasteiger partial charge in [0.05, 0.1) is 19.0 Å². The van der Waals surface area contributed by atoms with E-state index in [1.165, 1.54) is 6.26 Å². The van der Waals surface area contributed by atoms with Crippen molar-refractivity contribution >= 4 is 9.84 Å². The van der Waals surface area contributed by atoms with E-state index in [9.17, 15) is 13.5 Å².